The number of benzene rings is 1. The van der Waals surface area contributed by atoms with Crippen LogP contribution >= 0.6 is 0 Å². The minimum absolute atomic E-state index is 0.00471. The van der Waals surface area contributed by atoms with E-state index < -0.39 is 59.9 Å². The number of amides is 5. The molecule has 0 aliphatic carbocycles. The van der Waals surface area contributed by atoms with Crippen LogP contribution in [0.3, 0.4) is 0 Å². The van der Waals surface area contributed by atoms with Crippen molar-refractivity contribution in [2.45, 2.75) is 118 Å². The molecule has 1 rings (SSSR count). The SMILES string of the molecule is CCC[C@H](NC(=O)[C@H](CC(C)C)NC(=O)c1cccc(C(=O)O)c1)C(=O)N[C@@H](CC(C)C)[C@@H](O)CC(=O)N[C@H](C(=O)NCC)C(C)C. The van der Waals surface area contributed by atoms with Gasteiger partial charge in [0.2, 0.25) is 23.6 Å². The van der Waals surface area contributed by atoms with Gasteiger partial charge in [-0.25, -0.2) is 4.79 Å². The van der Waals surface area contributed by atoms with E-state index in [9.17, 15) is 39.0 Å². The summed E-state index contributed by atoms with van der Waals surface area (Å²) in [5.74, 6) is -3.96. The van der Waals surface area contributed by atoms with Crippen LogP contribution in [-0.2, 0) is 19.2 Å². The number of carboxylic acids is 1. The molecule has 0 saturated heterocycles. The lowest BCUT2D eigenvalue weighted by molar-refractivity contribution is -0.132. The molecule has 5 atom stereocenters. The number of aromatic carboxylic acids is 1. The van der Waals surface area contributed by atoms with Gasteiger partial charge in [-0.15, -0.1) is 0 Å². The lowest BCUT2D eigenvalue weighted by Crippen LogP contribution is -2.57. The minimum atomic E-state index is -1.27. The van der Waals surface area contributed by atoms with Gasteiger partial charge in [-0.3, -0.25) is 24.0 Å². The number of likely N-dealkylation sites (N-methyl/N-ethyl adjacent to an activating group) is 1. The fourth-order valence-corrected chi connectivity index (χ4v) is 5.05. The summed E-state index contributed by atoms with van der Waals surface area (Å²) in [6.45, 7) is 15.2. The van der Waals surface area contributed by atoms with Gasteiger partial charge in [0.05, 0.1) is 24.1 Å². The Balaban J connectivity index is 3.09. The topological polar surface area (TPSA) is 203 Å². The molecule has 5 amide bonds. The van der Waals surface area contributed by atoms with Crippen LogP contribution in [0.4, 0.5) is 0 Å². The van der Waals surface area contributed by atoms with Gasteiger partial charge in [0, 0.05) is 12.1 Å². The van der Waals surface area contributed by atoms with E-state index in [1.54, 1.807) is 20.8 Å². The standard InChI is InChI=1S/C34H55N5O8/c1-9-12-24(36-32(44)26(16-20(5)6)38-30(42)22-13-11-14-23(17-22)34(46)47)31(43)37-25(15-19(3)4)27(40)18-28(41)39-29(21(7)8)33(45)35-10-2/h11,13-14,17,19-21,24-27,29,40H,9-10,12,15-16,18H2,1-8H3,(H,35,45)(H,36,44)(H,37,43)(H,38,42)(H,39,41)(H,46,47)/t24-,25-,26-,27-,29-/m0/s1. The zero-order valence-electron chi connectivity index (χ0n) is 29.0. The predicted molar refractivity (Wildman–Crippen MR) is 178 cm³/mol. The van der Waals surface area contributed by atoms with Gasteiger partial charge < -0.3 is 36.8 Å². The summed E-state index contributed by atoms with van der Waals surface area (Å²) in [6.07, 6.45) is -0.203. The highest BCUT2D eigenvalue weighted by Gasteiger charge is 2.32. The number of carbonyl (C=O) groups is 6. The van der Waals surface area contributed by atoms with Crippen LogP contribution in [0.1, 0.15) is 108 Å². The lowest BCUT2D eigenvalue weighted by Gasteiger charge is -2.29. The first-order valence-corrected chi connectivity index (χ1v) is 16.5. The lowest BCUT2D eigenvalue weighted by atomic mass is 9.95. The average Bonchev–Trinajstić information content (AvgIpc) is 2.98. The van der Waals surface area contributed by atoms with Crippen LogP contribution in [0, 0.1) is 17.8 Å². The van der Waals surface area contributed by atoms with E-state index in [1.807, 2.05) is 34.6 Å². The molecule has 0 aromatic heterocycles. The molecule has 7 N–H and O–H groups in total. The van der Waals surface area contributed by atoms with E-state index >= 15 is 0 Å². The quantitative estimate of drug-likeness (QED) is 0.110. The maximum atomic E-state index is 13.5. The molecular weight excluding hydrogens is 606 g/mol. The van der Waals surface area contributed by atoms with E-state index in [-0.39, 0.29) is 54.1 Å². The second-order valence-electron chi connectivity index (χ2n) is 13.1. The van der Waals surface area contributed by atoms with Crippen LogP contribution < -0.4 is 26.6 Å². The Labute approximate surface area is 278 Å². The van der Waals surface area contributed by atoms with E-state index in [4.69, 9.17) is 0 Å². The number of nitrogens with one attached hydrogen (secondary N) is 5. The molecule has 0 radical (unpaired) electrons. The highest BCUT2D eigenvalue weighted by molar-refractivity contribution is 6.00. The van der Waals surface area contributed by atoms with Gasteiger partial charge in [0.15, 0.2) is 0 Å². The van der Waals surface area contributed by atoms with Crippen molar-refractivity contribution in [3.8, 4) is 0 Å². The first kappa shape index (κ1) is 41.0. The van der Waals surface area contributed by atoms with Crippen molar-refractivity contribution in [3.05, 3.63) is 35.4 Å². The summed E-state index contributed by atoms with van der Waals surface area (Å²) in [5, 5.41) is 34.0. The highest BCUT2D eigenvalue weighted by atomic mass is 16.4. The highest BCUT2D eigenvalue weighted by Crippen LogP contribution is 2.14. The molecule has 0 spiro atoms. The molecule has 0 fully saturated rings. The largest absolute Gasteiger partial charge is 0.478 e. The van der Waals surface area contributed by atoms with E-state index in [1.165, 1.54) is 24.3 Å². The van der Waals surface area contributed by atoms with Crippen LogP contribution in [0.15, 0.2) is 24.3 Å². The summed E-state index contributed by atoms with van der Waals surface area (Å²) in [6, 6.07) is 1.86. The number of aliphatic hydroxyl groups excluding tert-OH is 1. The molecule has 0 unspecified atom stereocenters. The third-order valence-electron chi connectivity index (χ3n) is 7.44. The Morgan fingerprint density at radius 2 is 1.34 bits per heavy atom. The maximum absolute atomic E-state index is 13.5. The second-order valence-corrected chi connectivity index (χ2v) is 13.1. The molecule has 13 nitrogen and oxygen atoms in total. The van der Waals surface area contributed by atoms with E-state index in [0.29, 0.717) is 19.4 Å². The van der Waals surface area contributed by atoms with Crippen molar-refractivity contribution in [2.75, 3.05) is 6.54 Å². The Morgan fingerprint density at radius 3 is 1.87 bits per heavy atom. The number of rotatable bonds is 20. The zero-order chi connectivity index (χ0) is 35.8. The molecule has 0 aliphatic heterocycles. The fraction of sp³-hybridized carbons (Fsp3) is 0.647. The van der Waals surface area contributed by atoms with Crippen molar-refractivity contribution < 1.29 is 39.0 Å². The average molecular weight is 662 g/mol. The first-order chi connectivity index (χ1) is 22.0. The summed E-state index contributed by atoms with van der Waals surface area (Å²) >= 11 is 0. The van der Waals surface area contributed by atoms with Crippen LogP contribution in [0.25, 0.3) is 0 Å². The van der Waals surface area contributed by atoms with Crippen LogP contribution in [0.5, 0.6) is 0 Å². The second kappa shape index (κ2) is 20.3. The first-order valence-electron chi connectivity index (χ1n) is 16.5. The van der Waals surface area contributed by atoms with Gasteiger partial charge in [-0.05, 0) is 62.1 Å². The molecule has 0 bridgehead atoms. The smallest absolute Gasteiger partial charge is 0.335 e. The van der Waals surface area contributed by atoms with Gasteiger partial charge in [-0.2, -0.15) is 0 Å². The van der Waals surface area contributed by atoms with Crippen LogP contribution in [-0.4, -0.2) is 82.5 Å². The van der Waals surface area contributed by atoms with Crippen molar-refractivity contribution >= 4 is 35.5 Å². The Morgan fingerprint density at radius 1 is 0.745 bits per heavy atom. The summed E-state index contributed by atoms with van der Waals surface area (Å²) in [5.41, 5.74) is 0.00843. The summed E-state index contributed by atoms with van der Waals surface area (Å²) in [7, 11) is 0. The van der Waals surface area contributed by atoms with Crippen molar-refractivity contribution in [1.82, 2.24) is 26.6 Å². The fourth-order valence-electron chi connectivity index (χ4n) is 5.05. The predicted octanol–water partition coefficient (Wildman–Crippen LogP) is 2.37. The minimum Gasteiger partial charge on any atom is -0.478 e. The number of carboxylic acid groups (broad SMARTS) is 1. The molecule has 13 heteroatoms. The Bertz CT molecular complexity index is 1220. The monoisotopic (exact) mass is 661 g/mol. The van der Waals surface area contributed by atoms with Gasteiger partial charge >= 0.3 is 5.97 Å². The molecule has 264 valence electrons. The summed E-state index contributed by atoms with van der Waals surface area (Å²) < 4.78 is 0. The molecule has 1 aromatic rings. The van der Waals surface area contributed by atoms with Crippen LogP contribution in [0.2, 0.25) is 0 Å². The van der Waals surface area contributed by atoms with Gasteiger partial charge in [0.25, 0.3) is 5.91 Å². The number of carbonyl (C=O) groups excluding carboxylic acids is 5. The number of hydrogen-bond donors (Lipinski definition) is 7. The van der Waals surface area contributed by atoms with E-state index in [2.05, 4.69) is 26.6 Å². The molecule has 1 aromatic carbocycles. The molecule has 0 aliphatic rings. The van der Waals surface area contributed by atoms with Crippen molar-refractivity contribution in [2.24, 2.45) is 17.8 Å². The number of aliphatic hydroxyl groups is 1. The third-order valence-corrected chi connectivity index (χ3v) is 7.44. The number of hydrogen-bond acceptors (Lipinski definition) is 7. The molecule has 47 heavy (non-hydrogen) atoms. The van der Waals surface area contributed by atoms with Gasteiger partial charge in [0.1, 0.15) is 18.1 Å². The summed E-state index contributed by atoms with van der Waals surface area (Å²) in [4.78, 5) is 76.6. The third kappa shape index (κ3) is 14.5. The van der Waals surface area contributed by atoms with Crippen molar-refractivity contribution in [3.63, 3.8) is 0 Å². The maximum Gasteiger partial charge on any atom is 0.335 e. The van der Waals surface area contributed by atoms with E-state index in [0.717, 1.165) is 0 Å². The molecule has 0 saturated carbocycles. The Hall–Kier alpha value is -4.00. The Kier molecular flexibility index (Phi) is 17.7. The normalized spacial score (nSPS) is 14.5. The molecular formula is C34H55N5O8. The zero-order valence-corrected chi connectivity index (χ0v) is 29.0. The molecule has 0 heterocycles. The van der Waals surface area contributed by atoms with Gasteiger partial charge in [-0.1, -0.05) is 61.0 Å². The van der Waals surface area contributed by atoms with Crippen molar-refractivity contribution in [1.29, 1.82) is 0 Å².